The average molecular weight is 251 g/mol. The SMILES string of the molecule is COC[C@@H](C)S[C@H](C)c1nc2ccccc2o1. The number of para-hydroxylation sites is 2. The van der Waals surface area contributed by atoms with Crippen LogP contribution in [0.1, 0.15) is 25.0 Å². The molecule has 0 N–H and O–H groups in total. The molecular weight excluding hydrogens is 234 g/mol. The predicted molar refractivity (Wildman–Crippen MR) is 71.4 cm³/mol. The van der Waals surface area contributed by atoms with E-state index in [9.17, 15) is 0 Å². The average Bonchev–Trinajstić information content (AvgIpc) is 2.72. The lowest BCUT2D eigenvalue weighted by molar-refractivity contribution is 0.202. The maximum Gasteiger partial charge on any atom is 0.208 e. The lowest BCUT2D eigenvalue weighted by Gasteiger charge is -2.13. The standard InChI is InChI=1S/C13H17NO2S/c1-9(8-15-3)17-10(2)13-14-11-6-4-5-7-12(11)16-13/h4-7,9-10H,8H2,1-3H3/t9-,10-/m1/s1. The lowest BCUT2D eigenvalue weighted by Crippen LogP contribution is -2.07. The van der Waals surface area contributed by atoms with E-state index in [2.05, 4.69) is 18.8 Å². The topological polar surface area (TPSA) is 35.3 Å². The van der Waals surface area contributed by atoms with Crippen LogP contribution in [0.15, 0.2) is 28.7 Å². The highest BCUT2D eigenvalue weighted by molar-refractivity contribution is 8.00. The van der Waals surface area contributed by atoms with Crippen molar-refractivity contribution in [2.45, 2.75) is 24.3 Å². The van der Waals surface area contributed by atoms with Crippen molar-refractivity contribution in [3.8, 4) is 0 Å². The molecule has 0 aliphatic carbocycles. The van der Waals surface area contributed by atoms with Crippen LogP contribution in [0.4, 0.5) is 0 Å². The van der Waals surface area contributed by atoms with Crippen molar-refractivity contribution in [3.63, 3.8) is 0 Å². The van der Waals surface area contributed by atoms with E-state index in [0.29, 0.717) is 5.25 Å². The van der Waals surface area contributed by atoms with E-state index >= 15 is 0 Å². The summed E-state index contributed by atoms with van der Waals surface area (Å²) in [6.45, 7) is 5.00. The van der Waals surface area contributed by atoms with Crippen molar-refractivity contribution >= 4 is 22.9 Å². The van der Waals surface area contributed by atoms with Gasteiger partial charge in [0.25, 0.3) is 0 Å². The van der Waals surface area contributed by atoms with Gasteiger partial charge in [-0.05, 0) is 19.1 Å². The van der Waals surface area contributed by atoms with E-state index in [1.54, 1.807) is 7.11 Å². The molecule has 0 spiro atoms. The zero-order valence-corrected chi connectivity index (χ0v) is 11.2. The van der Waals surface area contributed by atoms with Crippen LogP contribution < -0.4 is 0 Å². The number of hydrogen-bond donors (Lipinski definition) is 0. The molecule has 17 heavy (non-hydrogen) atoms. The summed E-state index contributed by atoms with van der Waals surface area (Å²) in [4.78, 5) is 4.50. The zero-order valence-electron chi connectivity index (χ0n) is 10.3. The molecule has 1 aromatic carbocycles. The Morgan fingerprint density at radius 3 is 2.82 bits per heavy atom. The first-order chi connectivity index (χ1) is 8.20. The van der Waals surface area contributed by atoms with Gasteiger partial charge in [-0.25, -0.2) is 4.98 Å². The van der Waals surface area contributed by atoms with Gasteiger partial charge in [-0.3, -0.25) is 0 Å². The van der Waals surface area contributed by atoms with E-state index in [0.717, 1.165) is 23.6 Å². The Balaban J connectivity index is 2.10. The molecule has 1 aromatic heterocycles. The molecule has 92 valence electrons. The van der Waals surface area contributed by atoms with Crippen LogP contribution >= 0.6 is 11.8 Å². The summed E-state index contributed by atoms with van der Waals surface area (Å²) < 4.78 is 10.9. The molecular formula is C13H17NO2S. The van der Waals surface area contributed by atoms with Gasteiger partial charge in [0.1, 0.15) is 5.52 Å². The quantitative estimate of drug-likeness (QED) is 0.812. The third kappa shape index (κ3) is 3.01. The fourth-order valence-corrected chi connectivity index (χ4v) is 2.87. The number of thioether (sulfide) groups is 1. The molecule has 2 aromatic rings. The molecule has 0 unspecified atom stereocenters. The molecule has 3 nitrogen and oxygen atoms in total. The minimum absolute atomic E-state index is 0.243. The van der Waals surface area contributed by atoms with Crippen LogP contribution in [-0.2, 0) is 4.74 Å². The van der Waals surface area contributed by atoms with Gasteiger partial charge in [-0.15, -0.1) is 11.8 Å². The van der Waals surface area contributed by atoms with Crippen molar-refractivity contribution in [3.05, 3.63) is 30.2 Å². The fraction of sp³-hybridized carbons (Fsp3) is 0.462. The van der Waals surface area contributed by atoms with Crippen LogP contribution in [0.25, 0.3) is 11.1 Å². The Morgan fingerprint density at radius 2 is 2.12 bits per heavy atom. The second-order valence-electron chi connectivity index (χ2n) is 4.06. The molecule has 0 fully saturated rings. The number of hydrogen-bond acceptors (Lipinski definition) is 4. The maximum absolute atomic E-state index is 5.74. The number of aromatic nitrogens is 1. The van der Waals surface area contributed by atoms with Crippen LogP contribution in [0.2, 0.25) is 0 Å². The van der Waals surface area contributed by atoms with Gasteiger partial charge in [0, 0.05) is 12.4 Å². The van der Waals surface area contributed by atoms with Gasteiger partial charge in [0.2, 0.25) is 5.89 Å². The first-order valence-corrected chi connectivity index (χ1v) is 6.65. The summed E-state index contributed by atoms with van der Waals surface area (Å²) in [5.74, 6) is 0.791. The van der Waals surface area contributed by atoms with Crippen LogP contribution in [0, 0.1) is 0 Å². The second-order valence-corrected chi connectivity index (χ2v) is 5.85. The van der Waals surface area contributed by atoms with E-state index in [1.165, 1.54) is 0 Å². The first-order valence-electron chi connectivity index (χ1n) is 5.70. The van der Waals surface area contributed by atoms with E-state index in [1.807, 2.05) is 36.0 Å². The normalized spacial score (nSPS) is 15.0. The molecule has 0 saturated heterocycles. The summed E-state index contributed by atoms with van der Waals surface area (Å²) in [5.41, 5.74) is 1.78. The summed E-state index contributed by atoms with van der Waals surface area (Å²) in [7, 11) is 1.72. The monoisotopic (exact) mass is 251 g/mol. The van der Waals surface area contributed by atoms with Crippen molar-refractivity contribution in [2.24, 2.45) is 0 Å². The van der Waals surface area contributed by atoms with Crippen molar-refractivity contribution < 1.29 is 9.15 Å². The van der Waals surface area contributed by atoms with Gasteiger partial charge < -0.3 is 9.15 Å². The maximum atomic E-state index is 5.74. The molecule has 0 radical (unpaired) electrons. The molecule has 0 saturated carbocycles. The van der Waals surface area contributed by atoms with Crippen LogP contribution in [0.3, 0.4) is 0 Å². The predicted octanol–water partition coefficient (Wildman–Crippen LogP) is 3.66. The first kappa shape index (κ1) is 12.5. The van der Waals surface area contributed by atoms with Gasteiger partial charge in [-0.1, -0.05) is 19.1 Å². The van der Waals surface area contributed by atoms with Crippen molar-refractivity contribution in [1.82, 2.24) is 4.98 Å². The summed E-state index contributed by atoms with van der Waals surface area (Å²) >= 11 is 1.81. The van der Waals surface area contributed by atoms with E-state index < -0.39 is 0 Å². The second kappa shape index (κ2) is 5.56. The van der Waals surface area contributed by atoms with Crippen LogP contribution in [-0.4, -0.2) is 24.0 Å². The third-order valence-corrected chi connectivity index (χ3v) is 3.71. The van der Waals surface area contributed by atoms with Crippen LogP contribution in [0.5, 0.6) is 0 Å². The Kier molecular flexibility index (Phi) is 4.07. The lowest BCUT2D eigenvalue weighted by atomic mass is 10.3. The Hall–Kier alpha value is -1.00. The van der Waals surface area contributed by atoms with Gasteiger partial charge in [0.05, 0.1) is 11.9 Å². The number of oxazole rings is 1. The molecule has 4 heteroatoms. The number of benzene rings is 1. The molecule has 1 heterocycles. The minimum atomic E-state index is 0.243. The Bertz CT molecular complexity index is 450. The van der Waals surface area contributed by atoms with E-state index in [-0.39, 0.29) is 5.25 Å². The zero-order chi connectivity index (χ0) is 12.3. The minimum Gasteiger partial charge on any atom is -0.439 e. The summed E-state index contributed by atoms with van der Waals surface area (Å²) in [6.07, 6.45) is 0. The molecule has 0 aliphatic rings. The Morgan fingerprint density at radius 1 is 1.35 bits per heavy atom. The largest absolute Gasteiger partial charge is 0.439 e. The summed E-state index contributed by atoms with van der Waals surface area (Å²) in [6, 6.07) is 7.85. The fourth-order valence-electron chi connectivity index (χ4n) is 1.74. The van der Waals surface area contributed by atoms with Gasteiger partial charge in [-0.2, -0.15) is 0 Å². The highest BCUT2D eigenvalue weighted by Crippen LogP contribution is 2.32. The highest BCUT2D eigenvalue weighted by atomic mass is 32.2. The van der Waals surface area contributed by atoms with Crippen molar-refractivity contribution in [2.75, 3.05) is 13.7 Å². The number of rotatable bonds is 5. The molecule has 0 bridgehead atoms. The molecule has 2 rings (SSSR count). The molecule has 0 amide bonds. The van der Waals surface area contributed by atoms with Crippen molar-refractivity contribution in [1.29, 1.82) is 0 Å². The van der Waals surface area contributed by atoms with Gasteiger partial charge >= 0.3 is 0 Å². The van der Waals surface area contributed by atoms with E-state index in [4.69, 9.17) is 9.15 Å². The summed E-state index contributed by atoms with van der Waals surface area (Å²) in [5, 5.41) is 0.678. The smallest absolute Gasteiger partial charge is 0.208 e. The number of nitrogens with zero attached hydrogens (tertiary/aromatic N) is 1. The molecule has 0 aliphatic heterocycles. The highest BCUT2D eigenvalue weighted by Gasteiger charge is 2.16. The molecule has 2 atom stereocenters. The third-order valence-electron chi connectivity index (χ3n) is 2.50. The number of methoxy groups -OCH3 is 1. The Labute approximate surface area is 106 Å². The van der Waals surface area contributed by atoms with Gasteiger partial charge in [0.15, 0.2) is 5.58 Å². The number of fused-ring (bicyclic) bond motifs is 1. The number of ether oxygens (including phenoxy) is 1.